The predicted molar refractivity (Wildman–Crippen MR) is 140 cm³/mol. The molecule has 37 heavy (non-hydrogen) atoms. The number of nitrogens with zero attached hydrogens (tertiary/aromatic N) is 2. The topological polar surface area (TPSA) is 88.5 Å². The Morgan fingerprint density at radius 2 is 1.46 bits per heavy atom. The standard InChI is InChI=1S/C29H32N2O6/c1-35-24-10-5-11-25(36-2)27(24)37-18-21(32)17-30-14-12-19(13-15-30)16-31-28(33)22-8-3-6-20-7-4-9-23(26(20)22)29(31)34/h3-11,19,21,32H,12-18H2,1-2H3. The van der Waals surface area contributed by atoms with Crippen molar-refractivity contribution in [2.45, 2.75) is 18.9 Å². The van der Waals surface area contributed by atoms with E-state index in [-0.39, 0.29) is 24.3 Å². The number of hydrogen-bond acceptors (Lipinski definition) is 7. The van der Waals surface area contributed by atoms with Gasteiger partial charge in [-0.15, -0.1) is 0 Å². The molecule has 8 heteroatoms. The molecule has 8 nitrogen and oxygen atoms in total. The van der Waals surface area contributed by atoms with E-state index < -0.39 is 6.10 Å². The van der Waals surface area contributed by atoms with E-state index in [1.54, 1.807) is 38.5 Å². The second-order valence-corrected chi connectivity index (χ2v) is 9.63. The lowest BCUT2D eigenvalue weighted by molar-refractivity contribution is 0.0446. The van der Waals surface area contributed by atoms with Crippen LogP contribution in [-0.4, -0.2) is 79.8 Å². The van der Waals surface area contributed by atoms with Gasteiger partial charge in [-0.25, -0.2) is 0 Å². The number of likely N-dealkylation sites (tertiary alicyclic amines) is 1. The van der Waals surface area contributed by atoms with Gasteiger partial charge in [0.1, 0.15) is 12.7 Å². The number of imide groups is 1. The van der Waals surface area contributed by atoms with Gasteiger partial charge < -0.3 is 24.2 Å². The number of β-amino-alcohol motifs (C(OH)–C–C–N with tert-alkyl or cyclic N) is 1. The van der Waals surface area contributed by atoms with E-state index in [9.17, 15) is 14.7 Å². The Morgan fingerprint density at radius 3 is 2.03 bits per heavy atom. The van der Waals surface area contributed by atoms with Gasteiger partial charge >= 0.3 is 0 Å². The molecule has 5 rings (SSSR count). The number of methoxy groups -OCH3 is 2. The molecule has 1 unspecified atom stereocenters. The first-order chi connectivity index (χ1) is 18.0. The van der Waals surface area contributed by atoms with E-state index in [1.165, 1.54) is 4.90 Å². The molecule has 0 aromatic heterocycles. The van der Waals surface area contributed by atoms with Gasteiger partial charge in [-0.1, -0.05) is 30.3 Å². The number of benzene rings is 3. The van der Waals surface area contributed by atoms with Gasteiger partial charge in [-0.05, 0) is 61.5 Å². The van der Waals surface area contributed by atoms with E-state index in [1.807, 2.05) is 30.3 Å². The zero-order valence-corrected chi connectivity index (χ0v) is 21.2. The lowest BCUT2D eigenvalue weighted by atomic mass is 9.91. The number of rotatable bonds is 9. The number of ether oxygens (including phenoxy) is 3. The van der Waals surface area contributed by atoms with Crippen LogP contribution in [0.15, 0.2) is 54.6 Å². The maximum Gasteiger partial charge on any atom is 0.261 e. The zero-order chi connectivity index (χ0) is 25.9. The smallest absolute Gasteiger partial charge is 0.261 e. The second-order valence-electron chi connectivity index (χ2n) is 9.63. The van der Waals surface area contributed by atoms with E-state index in [2.05, 4.69) is 4.90 Å². The second kappa shape index (κ2) is 10.8. The number of carbonyl (C=O) groups excluding carboxylic acids is 2. The highest BCUT2D eigenvalue weighted by atomic mass is 16.5. The van der Waals surface area contributed by atoms with E-state index in [0.717, 1.165) is 36.7 Å². The third-order valence-electron chi connectivity index (χ3n) is 7.28. The first-order valence-corrected chi connectivity index (χ1v) is 12.6. The molecule has 1 N–H and O–H groups in total. The molecule has 2 aliphatic rings. The van der Waals surface area contributed by atoms with Crippen LogP contribution in [0.5, 0.6) is 17.2 Å². The van der Waals surface area contributed by atoms with Crippen LogP contribution in [0.3, 0.4) is 0 Å². The third-order valence-corrected chi connectivity index (χ3v) is 7.28. The third kappa shape index (κ3) is 4.99. The average Bonchev–Trinajstić information content (AvgIpc) is 2.93. The van der Waals surface area contributed by atoms with Crippen molar-refractivity contribution in [1.29, 1.82) is 0 Å². The summed E-state index contributed by atoms with van der Waals surface area (Å²) in [5, 5.41) is 12.3. The summed E-state index contributed by atoms with van der Waals surface area (Å²) >= 11 is 0. The molecule has 2 aliphatic heterocycles. The van der Waals surface area contributed by atoms with Crippen LogP contribution < -0.4 is 14.2 Å². The van der Waals surface area contributed by atoms with Crippen molar-refractivity contribution < 1.29 is 28.9 Å². The van der Waals surface area contributed by atoms with Crippen LogP contribution in [0.4, 0.5) is 0 Å². The quantitative estimate of drug-likeness (QED) is 0.446. The number of aliphatic hydroxyl groups excluding tert-OH is 1. The number of amides is 2. The van der Waals surface area contributed by atoms with Crippen molar-refractivity contribution in [2.75, 3.05) is 47.0 Å². The molecule has 0 saturated carbocycles. The molecule has 0 spiro atoms. The number of hydrogen-bond donors (Lipinski definition) is 1. The average molecular weight is 505 g/mol. The highest BCUT2D eigenvalue weighted by Crippen LogP contribution is 2.37. The Hall–Kier alpha value is -3.62. The predicted octanol–water partition coefficient (Wildman–Crippen LogP) is 3.60. The normalized spacial score (nSPS) is 17.2. The number of para-hydroxylation sites is 1. The Kier molecular flexibility index (Phi) is 7.30. The monoisotopic (exact) mass is 504 g/mol. The maximum absolute atomic E-state index is 13.2. The van der Waals surface area contributed by atoms with Crippen molar-refractivity contribution in [3.63, 3.8) is 0 Å². The molecule has 0 aliphatic carbocycles. The minimum Gasteiger partial charge on any atom is -0.493 e. The highest BCUT2D eigenvalue weighted by molar-refractivity contribution is 6.25. The summed E-state index contributed by atoms with van der Waals surface area (Å²) in [4.78, 5) is 30.0. The van der Waals surface area contributed by atoms with Crippen LogP contribution in [0.1, 0.15) is 33.6 Å². The van der Waals surface area contributed by atoms with Gasteiger partial charge in [0.15, 0.2) is 11.5 Å². The number of aliphatic hydroxyl groups is 1. The Balaban J connectivity index is 1.14. The molecule has 1 fully saturated rings. The summed E-state index contributed by atoms with van der Waals surface area (Å²) in [5.74, 6) is 1.37. The Bertz CT molecular complexity index is 1230. The van der Waals surface area contributed by atoms with Gasteiger partial charge in [0.05, 0.1) is 14.2 Å². The van der Waals surface area contributed by atoms with Crippen molar-refractivity contribution in [1.82, 2.24) is 9.80 Å². The summed E-state index contributed by atoms with van der Waals surface area (Å²) in [6, 6.07) is 16.6. The minimum absolute atomic E-state index is 0.110. The first-order valence-electron chi connectivity index (χ1n) is 12.6. The van der Waals surface area contributed by atoms with E-state index in [0.29, 0.717) is 41.5 Å². The van der Waals surface area contributed by atoms with Gasteiger partial charge in [-0.3, -0.25) is 14.5 Å². The van der Waals surface area contributed by atoms with Crippen molar-refractivity contribution in [3.8, 4) is 17.2 Å². The Morgan fingerprint density at radius 1 is 0.892 bits per heavy atom. The van der Waals surface area contributed by atoms with Crippen LogP contribution in [0, 0.1) is 5.92 Å². The summed E-state index contributed by atoms with van der Waals surface area (Å²) < 4.78 is 16.5. The molecule has 3 aromatic rings. The zero-order valence-electron chi connectivity index (χ0n) is 21.2. The van der Waals surface area contributed by atoms with Crippen molar-refractivity contribution >= 4 is 22.6 Å². The molecule has 1 saturated heterocycles. The highest BCUT2D eigenvalue weighted by Gasteiger charge is 2.35. The lowest BCUT2D eigenvalue weighted by Gasteiger charge is -2.36. The molecule has 0 radical (unpaired) electrons. The van der Waals surface area contributed by atoms with Crippen molar-refractivity contribution in [2.24, 2.45) is 5.92 Å². The molecule has 1 atom stereocenters. The fraction of sp³-hybridized carbons (Fsp3) is 0.379. The van der Waals surface area contributed by atoms with Gasteiger partial charge in [0.2, 0.25) is 5.75 Å². The van der Waals surface area contributed by atoms with E-state index in [4.69, 9.17) is 14.2 Å². The van der Waals surface area contributed by atoms with Crippen LogP contribution >= 0.6 is 0 Å². The van der Waals surface area contributed by atoms with Crippen molar-refractivity contribution in [3.05, 3.63) is 65.7 Å². The van der Waals surface area contributed by atoms with Gasteiger partial charge in [0, 0.05) is 29.6 Å². The SMILES string of the molecule is COc1cccc(OC)c1OCC(O)CN1CCC(CN2C(=O)c3cccc4cccc(c34)C2=O)CC1. The molecule has 3 aromatic carbocycles. The maximum atomic E-state index is 13.2. The fourth-order valence-electron chi connectivity index (χ4n) is 5.35. The Labute approximate surface area is 216 Å². The number of carbonyl (C=O) groups is 2. The molecule has 2 amide bonds. The van der Waals surface area contributed by atoms with Crippen LogP contribution in [-0.2, 0) is 0 Å². The van der Waals surface area contributed by atoms with Crippen LogP contribution in [0.2, 0.25) is 0 Å². The molecular formula is C29H32N2O6. The van der Waals surface area contributed by atoms with Gasteiger partial charge in [-0.2, -0.15) is 0 Å². The summed E-state index contributed by atoms with van der Waals surface area (Å²) in [7, 11) is 3.12. The molecular weight excluding hydrogens is 472 g/mol. The van der Waals surface area contributed by atoms with E-state index >= 15 is 0 Å². The van der Waals surface area contributed by atoms with Crippen LogP contribution in [0.25, 0.3) is 10.8 Å². The molecule has 0 bridgehead atoms. The number of piperidine rings is 1. The minimum atomic E-state index is -0.687. The largest absolute Gasteiger partial charge is 0.493 e. The summed E-state index contributed by atoms with van der Waals surface area (Å²) in [6.07, 6.45) is 1.00. The first kappa shape index (κ1) is 25.0. The lowest BCUT2D eigenvalue weighted by Crippen LogP contribution is -2.46. The molecule has 194 valence electrons. The van der Waals surface area contributed by atoms with Gasteiger partial charge in [0.25, 0.3) is 11.8 Å². The summed E-state index contributed by atoms with van der Waals surface area (Å²) in [5.41, 5.74) is 1.19. The molecule has 2 heterocycles. The summed E-state index contributed by atoms with van der Waals surface area (Å²) in [6.45, 7) is 2.55. The fourth-order valence-corrected chi connectivity index (χ4v) is 5.35.